The number of hydrogen-bond acceptors (Lipinski definition) is 4. The SMILES string of the molecule is Cc1cc(C)n([C@@H]2CCN(C(=O)c3[nH]nc(N)c3Cl)C2)n1. The summed E-state index contributed by atoms with van der Waals surface area (Å²) >= 11 is 5.98. The van der Waals surface area contributed by atoms with Gasteiger partial charge < -0.3 is 10.6 Å². The molecule has 0 unspecified atom stereocenters. The normalized spacial score (nSPS) is 18.4. The number of nitrogens with one attached hydrogen (secondary N) is 1. The Morgan fingerprint density at radius 3 is 2.86 bits per heavy atom. The maximum Gasteiger partial charge on any atom is 0.273 e. The molecular formula is C13H17ClN6O. The Morgan fingerprint density at radius 2 is 2.29 bits per heavy atom. The quantitative estimate of drug-likeness (QED) is 0.880. The molecule has 3 rings (SSSR count). The minimum absolute atomic E-state index is 0.148. The lowest BCUT2D eigenvalue weighted by atomic mass is 10.2. The Labute approximate surface area is 127 Å². The molecule has 0 spiro atoms. The predicted molar refractivity (Wildman–Crippen MR) is 79.3 cm³/mol. The molecule has 0 aliphatic carbocycles. The van der Waals surface area contributed by atoms with Gasteiger partial charge in [0.15, 0.2) is 5.82 Å². The molecule has 1 aliphatic rings. The Morgan fingerprint density at radius 1 is 1.52 bits per heavy atom. The van der Waals surface area contributed by atoms with Gasteiger partial charge >= 0.3 is 0 Å². The van der Waals surface area contributed by atoms with Gasteiger partial charge in [-0.3, -0.25) is 14.6 Å². The van der Waals surface area contributed by atoms with Crippen molar-refractivity contribution in [2.45, 2.75) is 26.3 Å². The first-order chi connectivity index (χ1) is 9.97. The van der Waals surface area contributed by atoms with Crippen molar-refractivity contribution in [3.05, 3.63) is 28.2 Å². The highest BCUT2D eigenvalue weighted by atomic mass is 35.5. The van der Waals surface area contributed by atoms with Crippen LogP contribution in [-0.4, -0.2) is 43.9 Å². The summed E-state index contributed by atoms with van der Waals surface area (Å²) < 4.78 is 1.99. The number of hydrogen-bond donors (Lipinski definition) is 2. The number of rotatable bonds is 2. The first kappa shape index (κ1) is 13.9. The number of nitrogens with zero attached hydrogens (tertiary/aromatic N) is 4. The summed E-state index contributed by atoms with van der Waals surface area (Å²) in [6.07, 6.45) is 0.870. The third-order valence-corrected chi connectivity index (χ3v) is 4.17. The van der Waals surface area contributed by atoms with Gasteiger partial charge in [-0.2, -0.15) is 10.2 Å². The van der Waals surface area contributed by atoms with Gasteiger partial charge in [0.2, 0.25) is 0 Å². The molecule has 1 fully saturated rings. The van der Waals surface area contributed by atoms with Crippen molar-refractivity contribution in [1.29, 1.82) is 0 Å². The molecule has 0 bridgehead atoms. The second-order valence-corrected chi connectivity index (χ2v) is 5.74. The van der Waals surface area contributed by atoms with E-state index in [0.717, 1.165) is 17.8 Å². The summed E-state index contributed by atoms with van der Waals surface area (Å²) in [6.45, 7) is 5.26. The van der Waals surface area contributed by atoms with Gasteiger partial charge in [0.05, 0.1) is 11.7 Å². The zero-order chi connectivity index (χ0) is 15.1. The van der Waals surface area contributed by atoms with E-state index < -0.39 is 0 Å². The fourth-order valence-corrected chi connectivity index (χ4v) is 2.95. The highest BCUT2D eigenvalue weighted by molar-refractivity contribution is 6.35. The standard InChI is InChI=1S/C13H17ClN6O/c1-7-5-8(2)20(18-7)9-3-4-19(6-9)13(21)11-10(14)12(15)17-16-11/h5,9H,3-4,6H2,1-2H3,(H3,15,16,17)/t9-/m1/s1. The van der Waals surface area contributed by atoms with Gasteiger partial charge in [-0.15, -0.1) is 0 Å². The van der Waals surface area contributed by atoms with Crippen LogP contribution in [0.2, 0.25) is 5.02 Å². The molecule has 0 saturated carbocycles. The van der Waals surface area contributed by atoms with Crippen LogP contribution < -0.4 is 5.73 Å². The Hall–Kier alpha value is -2.02. The van der Waals surface area contributed by atoms with Crippen molar-refractivity contribution in [2.75, 3.05) is 18.8 Å². The van der Waals surface area contributed by atoms with Gasteiger partial charge in [0.1, 0.15) is 10.7 Å². The predicted octanol–water partition coefficient (Wildman–Crippen LogP) is 1.55. The number of nitrogen functional groups attached to an aromatic ring is 1. The Bertz CT molecular complexity index is 691. The molecule has 7 nitrogen and oxygen atoms in total. The molecule has 2 aromatic heterocycles. The number of carbonyl (C=O) groups is 1. The lowest BCUT2D eigenvalue weighted by Gasteiger charge is -2.16. The fraction of sp³-hybridized carbons (Fsp3) is 0.462. The summed E-state index contributed by atoms with van der Waals surface area (Å²) in [7, 11) is 0. The van der Waals surface area contributed by atoms with Gasteiger partial charge in [0, 0.05) is 18.8 Å². The van der Waals surface area contributed by atoms with Crippen LogP contribution in [0.15, 0.2) is 6.07 Å². The Balaban J connectivity index is 1.77. The van der Waals surface area contributed by atoms with Gasteiger partial charge in [-0.25, -0.2) is 0 Å². The molecule has 8 heteroatoms. The van der Waals surface area contributed by atoms with Crippen LogP contribution in [0.25, 0.3) is 0 Å². The van der Waals surface area contributed by atoms with Gasteiger partial charge in [0.25, 0.3) is 5.91 Å². The minimum atomic E-state index is -0.173. The first-order valence-corrected chi connectivity index (χ1v) is 7.16. The first-order valence-electron chi connectivity index (χ1n) is 6.78. The van der Waals surface area contributed by atoms with E-state index in [1.807, 2.05) is 24.6 Å². The van der Waals surface area contributed by atoms with E-state index in [1.54, 1.807) is 4.90 Å². The van der Waals surface area contributed by atoms with Crippen LogP contribution in [0.4, 0.5) is 5.82 Å². The third kappa shape index (κ3) is 2.37. The smallest absolute Gasteiger partial charge is 0.273 e. The summed E-state index contributed by atoms with van der Waals surface area (Å²) in [5, 5.41) is 11.0. The number of likely N-dealkylation sites (tertiary alicyclic amines) is 1. The number of nitrogens with two attached hydrogens (primary N) is 1. The van der Waals surface area contributed by atoms with Crippen LogP contribution in [0.3, 0.4) is 0 Å². The summed E-state index contributed by atoms with van der Waals surface area (Å²) in [5.41, 5.74) is 7.91. The zero-order valence-corrected chi connectivity index (χ0v) is 12.7. The number of amides is 1. The molecule has 1 amide bonds. The molecule has 21 heavy (non-hydrogen) atoms. The van der Waals surface area contributed by atoms with Crippen molar-refractivity contribution >= 4 is 23.3 Å². The van der Waals surface area contributed by atoms with E-state index in [0.29, 0.717) is 13.1 Å². The molecule has 2 aromatic rings. The largest absolute Gasteiger partial charge is 0.381 e. The minimum Gasteiger partial charge on any atom is -0.381 e. The second kappa shape index (κ2) is 5.07. The molecule has 0 radical (unpaired) electrons. The van der Waals surface area contributed by atoms with Crippen LogP contribution in [0, 0.1) is 13.8 Å². The van der Waals surface area contributed by atoms with E-state index in [2.05, 4.69) is 15.3 Å². The molecule has 1 aliphatic heterocycles. The maximum atomic E-state index is 12.4. The molecule has 1 saturated heterocycles. The van der Waals surface area contributed by atoms with E-state index in [4.69, 9.17) is 17.3 Å². The highest BCUT2D eigenvalue weighted by Crippen LogP contribution is 2.27. The summed E-state index contributed by atoms with van der Waals surface area (Å²) in [5.74, 6) is -0.0254. The molecule has 112 valence electrons. The number of aromatic nitrogens is 4. The molecule has 3 heterocycles. The lowest BCUT2D eigenvalue weighted by molar-refractivity contribution is 0.0781. The van der Waals surface area contributed by atoms with Crippen molar-refractivity contribution < 1.29 is 4.79 Å². The lowest BCUT2D eigenvalue weighted by Crippen LogP contribution is -2.30. The van der Waals surface area contributed by atoms with Gasteiger partial charge in [-0.05, 0) is 26.3 Å². The van der Waals surface area contributed by atoms with E-state index in [9.17, 15) is 4.79 Å². The number of carbonyl (C=O) groups excluding carboxylic acids is 1. The number of aromatic amines is 1. The van der Waals surface area contributed by atoms with Crippen molar-refractivity contribution in [3.8, 4) is 0 Å². The van der Waals surface area contributed by atoms with Crippen LogP contribution in [0.1, 0.15) is 34.3 Å². The molecular weight excluding hydrogens is 292 g/mol. The van der Waals surface area contributed by atoms with Crippen molar-refractivity contribution in [2.24, 2.45) is 0 Å². The average molecular weight is 309 g/mol. The van der Waals surface area contributed by atoms with E-state index >= 15 is 0 Å². The van der Waals surface area contributed by atoms with Crippen LogP contribution >= 0.6 is 11.6 Å². The van der Waals surface area contributed by atoms with E-state index in [1.165, 1.54) is 0 Å². The highest BCUT2D eigenvalue weighted by Gasteiger charge is 2.31. The van der Waals surface area contributed by atoms with Crippen molar-refractivity contribution in [1.82, 2.24) is 24.9 Å². The third-order valence-electron chi connectivity index (χ3n) is 3.79. The summed E-state index contributed by atoms with van der Waals surface area (Å²) in [6, 6.07) is 2.23. The van der Waals surface area contributed by atoms with Crippen LogP contribution in [0.5, 0.6) is 0 Å². The maximum absolute atomic E-state index is 12.4. The molecule has 0 aromatic carbocycles. The van der Waals surface area contributed by atoms with Crippen LogP contribution in [-0.2, 0) is 0 Å². The number of aryl methyl sites for hydroxylation is 2. The zero-order valence-electron chi connectivity index (χ0n) is 11.9. The van der Waals surface area contributed by atoms with Crippen molar-refractivity contribution in [3.63, 3.8) is 0 Å². The molecule has 3 N–H and O–H groups in total. The number of halogens is 1. The number of H-pyrrole nitrogens is 1. The summed E-state index contributed by atoms with van der Waals surface area (Å²) in [4.78, 5) is 14.2. The van der Waals surface area contributed by atoms with E-state index in [-0.39, 0.29) is 28.5 Å². The second-order valence-electron chi connectivity index (χ2n) is 5.36. The topological polar surface area (TPSA) is 92.8 Å². The van der Waals surface area contributed by atoms with Gasteiger partial charge in [-0.1, -0.05) is 11.6 Å². The number of anilines is 1. The average Bonchev–Trinajstić information content (AvgIpc) is 3.11. The fourth-order valence-electron chi connectivity index (χ4n) is 2.78. The monoisotopic (exact) mass is 308 g/mol. The Kier molecular flexibility index (Phi) is 3.36. The molecule has 1 atom stereocenters.